The standard InChI is InChI=1S/C14H20N2O/c1-2-12(14(15)17)16-10-6-5-8-11-7-3-4-9-13(11)16/h3-4,7,9,12H,2,5-6,8,10H2,1H3,(H2,15,17). The van der Waals surface area contributed by atoms with Gasteiger partial charge in [0.05, 0.1) is 0 Å². The van der Waals surface area contributed by atoms with Crippen molar-refractivity contribution in [1.29, 1.82) is 0 Å². The van der Waals surface area contributed by atoms with Crippen molar-refractivity contribution in [3.63, 3.8) is 0 Å². The van der Waals surface area contributed by atoms with Crippen LogP contribution in [0.25, 0.3) is 0 Å². The predicted octanol–water partition coefficient (Wildman–Crippen LogP) is 2.09. The minimum absolute atomic E-state index is 0.172. The Morgan fingerprint density at radius 1 is 1.41 bits per heavy atom. The highest BCUT2D eigenvalue weighted by Gasteiger charge is 2.25. The third-order valence-corrected chi connectivity index (χ3v) is 3.49. The van der Waals surface area contributed by atoms with Gasteiger partial charge in [-0.1, -0.05) is 25.1 Å². The summed E-state index contributed by atoms with van der Waals surface area (Å²) in [6, 6.07) is 8.18. The van der Waals surface area contributed by atoms with Crippen LogP contribution < -0.4 is 10.6 Å². The quantitative estimate of drug-likeness (QED) is 0.867. The number of nitrogens with zero attached hydrogens (tertiary/aromatic N) is 1. The van der Waals surface area contributed by atoms with E-state index in [0.29, 0.717) is 0 Å². The van der Waals surface area contributed by atoms with Crippen LogP contribution in [0.1, 0.15) is 31.7 Å². The van der Waals surface area contributed by atoms with Gasteiger partial charge in [-0.3, -0.25) is 4.79 Å². The average Bonchev–Trinajstić information content (AvgIpc) is 2.53. The van der Waals surface area contributed by atoms with Crippen LogP contribution in [-0.2, 0) is 11.2 Å². The lowest BCUT2D eigenvalue weighted by atomic mass is 10.1. The van der Waals surface area contributed by atoms with Crippen LogP contribution in [-0.4, -0.2) is 18.5 Å². The van der Waals surface area contributed by atoms with E-state index in [1.165, 1.54) is 17.7 Å². The molecule has 1 aromatic carbocycles. The number of fused-ring (bicyclic) bond motifs is 1. The zero-order valence-corrected chi connectivity index (χ0v) is 10.4. The molecular formula is C14H20N2O. The second-order valence-electron chi connectivity index (χ2n) is 4.61. The third kappa shape index (κ3) is 2.43. The van der Waals surface area contributed by atoms with Crippen molar-refractivity contribution < 1.29 is 4.79 Å². The second kappa shape index (κ2) is 5.21. The monoisotopic (exact) mass is 232 g/mol. The molecule has 0 bridgehead atoms. The molecule has 0 spiro atoms. The fourth-order valence-corrected chi connectivity index (χ4v) is 2.62. The number of benzene rings is 1. The SMILES string of the molecule is CCC(C(N)=O)N1CCCCc2ccccc21. The number of hydrogen-bond donors (Lipinski definition) is 1. The van der Waals surface area contributed by atoms with Crippen molar-refractivity contribution in [3.05, 3.63) is 29.8 Å². The van der Waals surface area contributed by atoms with E-state index in [1.807, 2.05) is 13.0 Å². The molecule has 1 aromatic rings. The number of primary amides is 1. The van der Waals surface area contributed by atoms with E-state index in [9.17, 15) is 4.79 Å². The molecule has 1 heterocycles. The van der Waals surface area contributed by atoms with E-state index in [4.69, 9.17) is 5.73 Å². The number of anilines is 1. The van der Waals surface area contributed by atoms with Crippen molar-refractivity contribution >= 4 is 11.6 Å². The molecular weight excluding hydrogens is 212 g/mol. The molecule has 0 aromatic heterocycles. The summed E-state index contributed by atoms with van der Waals surface area (Å²) in [5.74, 6) is -0.218. The van der Waals surface area contributed by atoms with Gasteiger partial charge in [-0.2, -0.15) is 0 Å². The van der Waals surface area contributed by atoms with E-state index in [2.05, 4.69) is 23.1 Å². The molecule has 0 saturated carbocycles. The Balaban J connectivity index is 2.37. The number of carbonyl (C=O) groups excluding carboxylic acids is 1. The maximum atomic E-state index is 11.5. The molecule has 92 valence electrons. The van der Waals surface area contributed by atoms with Gasteiger partial charge in [0.2, 0.25) is 5.91 Å². The molecule has 3 heteroatoms. The van der Waals surface area contributed by atoms with Gasteiger partial charge in [0.15, 0.2) is 0 Å². The molecule has 0 aliphatic carbocycles. The summed E-state index contributed by atoms with van der Waals surface area (Å²) in [5, 5.41) is 0. The van der Waals surface area contributed by atoms with E-state index in [-0.39, 0.29) is 11.9 Å². The first-order valence-electron chi connectivity index (χ1n) is 6.38. The van der Waals surface area contributed by atoms with Crippen LogP contribution in [0.2, 0.25) is 0 Å². The molecule has 1 amide bonds. The number of para-hydroxylation sites is 1. The Kier molecular flexibility index (Phi) is 3.67. The minimum Gasteiger partial charge on any atom is -0.368 e. The molecule has 1 atom stereocenters. The van der Waals surface area contributed by atoms with E-state index in [1.54, 1.807) is 0 Å². The first-order valence-corrected chi connectivity index (χ1v) is 6.38. The molecule has 2 N–H and O–H groups in total. The molecule has 0 fully saturated rings. The second-order valence-corrected chi connectivity index (χ2v) is 4.61. The lowest BCUT2D eigenvalue weighted by molar-refractivity contribution is -0.119. The zero-order chi connectivity index (χ0) is 12.3. The number of carbonyl (C=O) groups is 1. The molecule has 0 radical (unpaired) electrons. The van der Waals surface area contributed by atoms with E-state index < -0.39 is 0 Å². The first kappa shape index (κ1) is 12.0. The normalized spacial score (nSPS) is 17.1. The summed E-state index contributed by atoms with van der Waals surface area (Å²) >= 11 is 0. The van der Waals surface area contributed by atoms with Crippen molar-refractivity contribution in [2.45, 2.75) is 38.6 Å². The van der Waals surface area contributed by atoms with Gasteiger partial charge in [-0.25, -0.2) is 0 Å². The lowest BCUT2D eigenvalue weighted by Gasteiger charge is -2.31. The summed E-state index contributed by atoms with van der Waals surface area (Å²) in [6.07, 6.45) is 4.17. The predicted molar refractivity (Wildman–Crippen MR) is 70.0 cm³/mol. The largest absolute Gasteiger partial charge is 0.368 e. The van der Waals surface area contributed by atoms with Crippen LogP contribution >= 0.6 is 0 Å². The van der Waals surface area contributed by atoms with Crippen molar-refractivity contribution in [2.75, 3.05) is 11.4 Å². The van der Waals surface area contributed by atoms with Crippen molar-refractivity contribution in [1.82, 2.24) is 0 Å². The van der Waals surface area contributed by atoms with Crippen LogP contribution in [0, 0.1) is 0 Å². The number of aryl methyl sites for hydroxylation is 1. The highest BCUT2D eigenvalue weighted by molar-refractivity contribution is 5.84. The molecule has 1 unspecified atom stereocenters. The zero-order valence-electron chi connectivity index (χ0n) is 10.4. The van der Waals surface area contributed by atoms with Crippen molar-refractivity contribution in [3.8, 4) is 0 Å². The summed E-state index contributed by atoms with van der Waals surface area (Å²) in [5.41, 5.74) is 8.03. The van der Waals surface area contributed by atoms with Crippen molar-refractivity contribution in [2.24, 2.45) is 5.73 Å². The van der Waals surface area contributed by atoms with Gasteiger partial charge >= 0.3 is 0 Å². The first-order chi connectivity index (χ1) is 8.24. The fourth-order valence-electron chi connectivity index (χ4n) is 2.62. The van der Waals surface area contributed by atoms with Gasteiger partial charge in [0.1, 0.15) is 6.04 Å². The minimum atomic E-state index is -0.218. The molecule has 1 aliphatic rings. The lowest BCUT2D eigenvalue weighted by Crippen LogP contribution is -2.45. The Morgan fingerprint density at radius 3 is 2.88 bits per heavy atom. The van der Waals surface area contributed by atoms with Gasteiger partial charge in [0, 0.05) is 12.2 Å². The van der Waals surface area contributed by atoms with Crippen LogP contribution in [0.3, 0.4) is 0 Å². The Hall–Kier alpha value is -1.51. The van der Waals surface area contributed by atoms with Gasteiger partial charge in [-0.15, -0.1) is 0 Å². The number of rotatable bonds is 3. The number of hydrogen-bond acceptors (Lipinski definition) is 2. The summed E-state index contributed by atoms with van der Waals surface area (Å²) in [4.78, 5) is 13.7. The van der Waals surface area contributed by atoms with E-state index >= 15 is 0 Å². The van der Waals surface area contributed by atoms with Gasteiger partial charge in [0.25, 0.3) is 0 Å². The summed E-state index contributed by atoms with van der Waals surface area (Å²) < 4.78 is 0. The molecule has 0 saturated heterocycles. The molecule has 2 rings (SSSR count). The summed E-state index contributed by atoms with van der Waals surface area (Å²) in [6.45, 7) is 2.95. The smallest absolute Gasteiger partial charge is 0.240 e. The Bertz CT molecular complexity index is 403. The maximum Gasteiger partial charge on any atom is 0.240 e. The highest BCUT2D eigenvalue weighted by Crippen LogP contribution is 2.28. The fraction of sp³-hybridized carbons (Fsp3) is 0.500. The Morgan fingerprint density at radius 2 is 2.18 bits per heavy atom. The molecule has 17 heavy (non-hydrogen) atoms. The summed E-state index contributed by atoms with van der Waals surface area (Å²) in [7, 11) is 0. The molecule has 3 nitrogen and oxygen atoms in total. The highest BCUT2D eigenvalue weighted by atomic mass is 16.1. The topological polar surface area (TPSA) is 46.3 Å². The third-order valence-electron chi connectivity index (χ3n) is 3.49. The number of nitrogens with two attached hydrogens (primary N) is 1. The Labute approximate surface area is 103 Å². The van der Waals surface area contributed by atoms with Crippen LogP contribution in [0.15, 0.2) is 24.3 Å². The van der Waals surface area contributed by atoms with Gasteiger partial charge < -0.3 is 10.6 Å². The van der Waals surface area contributed by atoms with E-state index in [0.717, 1.165) is 25.8 Å². The molecule has 1 aliphatic heterocycles. The van der Waals surface area contributed by atoms with Gasteiger partial charge in [-0.05, 0) is 37.3 Å². The average molecular weight is 232 g/mol. The van der Waals surface area contributed by atoms with Crippen LogP contribution in [0.5, 0.6) is 0 Å². The number of amides is 1. The maximum absolute atomic E-state index is 11.5. The van der Waals surface area contributed by atoms with Crippen LogP contribution in [0.4, 0.5) is 5.69 Å².